The summed E-state index contributed by atoms with van der Waals surface area (Å²) in [6, 6.07) is 17.2. The number of carbonyl (C=O) groups excluding carboxylic acids is 1. The van der Waals surface area contributed by atoms with E-state index in [0.29, 0.717) is 42.4 Å². The quantitative estimate of drug-likeness (QED) is 0.108. The minimum atomic E-state index is -1.84. The van der Waals surface area contributed by atoms with E-state index in [9.17, 15) is 24.9 Å². The molecule has 7 heterocycles. The summed E-state index contributed by atoms with van der Waals surface area (Å²) in [5, 5.41) is 41.2. The van der Waals surface area contributed by atoms with Gasteiger partial charge in [-0.2, -0.15) is 0 Å². The topological polar surface area (TPSA) is 232 Å². The van der Waals surface area contributed by atoms with Crippen LogP contribution in [0.3, 0.4) is 0 Å². The van der Waals surface area contributed by atoms with Crippen molar-refractivity contribution in [3.63, 3.8) is 0 Å². The van der Waals surface area contributed by atoms with Crippen LogP contribution in [0.4, 0.5) is 0 Å². The minimum Gasteiger partial charge on any atom is -0.490 e. The highest BCUT2D eigenvalue weighted by Gasteiger charge is 2.51. The fraction of sp³-hybridized carbons (Fsp3) is 0.429. The van der Waals surface area contributed by atoms with Crippen molar-refractivity contribution in [2.45, 2.75) is 80.4 Å². The maximum atomic E-state index is 12.1. The zero-order valence-corrected chi connectivity index (χ0v) is 26.9. The van der Waals surface area contributed by atoms with E-state index in [4.69, 9.17) is 49.7 Å². The predicted molar refractivity (Wildman–Crippen MR) is 171 cm³/mol. The summed E-state index contributed by atoms with van der Waals surface area (Å²) in [5.41, 5.74) is 15.4. The number of ether oxygens (including phenoxy) is 7. The van der Waals surface area contributed by atoms with Gasteiger partial charge < -0.3 is 65.1 Å². The molecule has 9 atom stereocenters. The van der Waals surface area contributed by atoms with Gasteiger partial charge in [0.2, 0.25) is 12.0 Å². The second-order valence-electron chi connectivity index (χ2n) is 12.7. The second kappa shape index (κ2) is 13.6. The molecule has 0 saturated carbocycles. The number of aliphatic carboxylic acids is 1. The summed E-state index contributed by atoms with van der Waals surface area (Å²) in [6.45, 7) is 0.463. The third-order valence-corrected chi connectivity index (χ3v) is 9.44. The van der Waals surface area contributed by atoms with Crippen molar-refractivity contribution >= 4 is 11.9 Å². The lowest BCUT2D eigenvalue weighted by molar-refractivity contribution is -0.291. The molecule has 10 rings (SSSR count). The monoisotopic (exact) mass is 694 g/mol. The standard InChI is InChI=1S/C35H38N2O13/c1-44-31-20-9-8-19-25-22(12-16-4-2-15(3-5-16)10-11-45-20)47-21-13-17(6-7-18(21)29(25)49-30(19)31)46-35-28(43)26(41)27(42)32(50-35)33(34(36)37)48-24(40)14-23(38)39/h2-9,13,22,25-29,32-35,41-43H,10-12,14,36-37H2,1H3,(H,38,39)/t22-,25+,26-,27-,28+,29-,32-,33-,35+/m0/s1. The summed E-state index contributed by atoms with van der Waals surface area (Å²) in [6.07, 6.45) is -12.2. The Labute approximate surface area is 286 Å². The molecule has 3 aromatic rings. The first-order valence-corrected chi connectivity index (χ1v) is 16.2. The number of nitrogens with two attached hydrogens (primary N) is 2. The molecule has 0 aromatic heterocycles. The van der Waals surface area contributed by atoms with Crippen LogP contribution in [0.1, 0.15) is 40.7 Å². The zero-order chi connectivity index (χ0) is 35.3. The van der Waals surface area contributed by atoms with Crippen LogP contribution < -0.4 is 35.2 Å². The maximum absolute atomic E-state index is 12.1. The minimum absolute atomic E-state index is 0.169. The molecular weight excluding hydrogens is 656 g/mol. The Morgan fingerprint density at radius 1 is 0.920 bits per heavy atom. The summed E-state index contributed by atoms with van der Waals surface area (Å²) in [4.78, 5) is 23.1. The SMILES string of the molecule is COc1c2ccc3c1O[C@H]1c4ccc(O[C@@H]5O[C@H]([C@H](OC(=O)CC(=O)O)C(N)N)[C@@H](O)[C@H](O)[C@H]5O)cc4O[C@@H](Cc4ccc(cc4)CCO2)[C@@H]31. The molecule has 266 valence electrons. The van der Waals surface area contributed by atoms with Gasteiger partial charge in [-0.15, -0.1) is 0 Å². The molecule has 3 aromatic carbocycles. The zero-order valence-electron chi connectivity index (χ0n) is 26.9. The Bertz CT molecular complexity index is 1750. The third kappa shape index (κ3) is 6.27. The summed E-state index contributed by atoms with van der Waals surface area (Å²) in [5.74, 6) is -0.571. The third-order valence-electron chi connectivity index (χ3n) is 9.44. The van der Waals surface area contributed by atoms with Crippen molar-refractivity contribution in [1.29, 1.82) is 0 Å². The normalized spacial score (nSPS) is 28.4. The van der Waals surface area contributed by atoms with Gasteiger partial charge in [0.05, 0.1) is 25.8 Å². The first kappa shape index (κ1) is 33.8. The molecule has 1 saturated heterocycles. The maximum Gasteiger partial charge on any atom is 0.317 e. The van der Waals surface area contributed by atoms with Crippen molar-refractivity contribution in [2.24, 2.45) is 11.5 Å². The van der Waals surface area contributed by atoms with E-state index in [1.165, 1.54) is 0 Å². The van der Waals surface area contributed by atoms with Crippen LogP contribution in [-0.4, -0.2) is 95.2 Å². The largest absolute Gasteiger partial charge is 0.490 e. The summed E-state index contributed by atoms with van der Waals surface area (Å²) >= 11 is 0. The Morgan fingerprint density at radius 2 is 1.66 bits per heavy atom. The van der Waals surface area contributed by atoms with Crippen LogP contribution in [0, 0.1) is 0 Å². The van der Waals surface area contributed by atoms with E-state index in [2.05, 4.69) is 24.3 Å². The van der Waals surface area contributed by atoms with Crippen molar-refractivity contribution in [2.75, 3.05) is 13.7 Å². The number of carboxylic acids is 1. The summed E-state index contributed by atoms with van der Waals surface area (Å²) < 4.78 is 42.1. The van der Waals surface area contributed by atoms with Gasteiger partial charge in [0.15, 0.2) is 17.6 Å². The summed E-state index contributed by atoms with van der Waals surface area (Å²) in [7, 11) is 1.58. The van der Waals surface area contributed by atoms with Crippen molar-refractivity contribution in [3.8, 4) is 28.7 Å². The molecule has 7 aliphatic heterocycles. The number of carbonyl (C=O) groups is 2. The molecule has 0 unspecified atom stereocenters. The fourth-order valence-corrected chi connectivity index (χ4v) is 7.01. The van der Waals surface area contributed by atoms with Gasteiger partial charge in [-0.05, 0) is 29.3 Å². The number of methoxy groups -OCH3 is 1. The first-order chi connectivity index (χ1) is 24.0. The van der Waals surface area contributed by atoms with Crippen LogP contribution in [0.2, 0.25) is 0 Å². The van der Waals surface area contributed by atoms with Gasteiger partial charge in [-0.3, -0.25) is 9.59 Å². The van der Waals surface area contributed by atoms with Gasteiger partial charge in [0.25, 0.3) is 0 Å². The van der Waals surface area contributed by atoms with Crippen molar-refractivity contribution < 1.29 is 63.2 Å². The molecule has 8 N–H and O–H groups in total. The van der Waals surface area contributed by atoms with E-state index in [-0.39, 0.29) is 17.8 Å². The van der Waals surface area contributed by atoms with Crippen LogP contribution in [0.15, 0.2) is 54.6 Å². The number of fused-ring (bicyclic) bond motifs is 2. The lowest BCUT2D eigenvalue weighted by Crippen LogP contribution is -2.66. The van der Waals surface area contributed by atoms with E-state index >= 15 is 0 Å². The van der Waals surface area contributed by atoms with E-state index < -0.39 is 67.4 Å². The Balaban J connectivity index is 1.18. The number of aliphatic hydroxyl groups excluding tert-OH is 3. The van der Waals surface area contributed by atoms with Gasteiger partial charge in [-0.1, -0.05) is 30.3 Å². The molecule has 0 spiro atoms. The smallest absolute Gasteiger partial charge is 0.317 e. The highest BCUT2D eigenvalue weighted by Crippen LogP contribution is 2.58. The molecule has 15 nitrogen and oxygen atoms in total. The predicted octanol–water partition coefficient (Wildman–Crippen LogP) is 0.668. The van der Waals surface area contributed by atoms with Gasteiger partial charge in [0, 0.05) is 30.0 Å². The second-order valence-corrected chi connectivity index (χ2v) is 12.7. The average Bonchev–Trinajstić information content (AvgIpc) is 3.48. The van der Waals surface area contributed by atoms with Crippen LogP contribution >= 0.6 is 0 Å². The Kier molecular flexibility index (Phi) is 9.19. The van der Waals surface area contributed by atoms with Crippen LogP contribution in [-0.2, 0) is 31.9 Å². The average molecular weight is 695 g/mol. The first-order valence-electron chi connectivity index (χ1n) is 16.2. The molecule has 1 fully saturated rings. The van der Waals surface area contributed by atoms with Crippen LogP contribution in [0.25, 0.3) is 0 Å². The molecule has 50 heavy (non-hydrogen) atoms. The lowest BCUT2D eigenvalue weighted by atomic mass is 9.81. The number of hydrogen-bond acceptors (Lipinski definition) is 14. The van der Waals surface area contributed by atoms with Crippen molar-refractivity contribution in [1.82, 2.24) is 0 Å². The molecule has 7 aliphatic rings. The molecule has 6 bridgehead atoms. The molecule has 0 radical (unpaired) electrons. The Morgan fingerprint density at radius 3 is 2.38 bits per heavy atom. The van der Waals surface area contributed by atoms with Gasteiger partial charge in [0.1, 0.15) is 54.5 Å². The number of benzene rings is 3. The Hall–Kier alpha value is -4.64. The van der Waals surface area contributed by atoms with Crippen molar-refractivity contribution in [3.05, 3.63) is 76.9 Å². The highest BCUT2D eigenvalue weighted by molar-refractivity contribution is 5.90. The van der Waals surface area contributed by atoms with E-state index in [0.717, 1.165) is 22.3 Å². The number of esters is 1. The lowest BCUT2D eigenvalue weighted by Gasteiger charge is -2.43. The number of hydrogen-bond donors (Lipinski definition) is 6. The molecule has 15 heteroatoms. The van der Waals surface area contributed by atoms with Crippen LogP contribution in [0.5, 0.6) is 28.7 Å². The van der Waals surface area contributed by atoms with Gasteiger partial charge >= 0.3 is 11.9 Å². The highest BCUT2D eigenvalue weighted by atomic mass is 16.7. The molecule has 0 aliphatic carbocycles. The fourth-order valence-electron chi connectivity index (χ4n) is 7.01. The van der Waals surface area contributed by atoms with Gasteiger partial charge in [-0.25, -0.2) is 0 Å². The van der Waals surface area contributed by atoms with E-state index in [1.807, 2.05) is 12.1 Å². The number of aliphatic hydroxyl groups is 3. The van der Waals surface area contributed by atoms with E-state index in [1.54, 1.807) is 25.3 Å². The number of carboxylic acid groups (broad SMARTS) is 1. The molecular formula is C35H38N2O13. The number of rotatable bonds is 8. The molecule has 0 amide bonds.